The number of benzene rings is 1. The van der Waals surface area contributed by atoms with Gasteiger partial charge in [-0.2, -0.15) is 8.42 Å². The standard InChI is InChI=1S/C14H19NO7S/c1-8(2)4-11(14(17)18)15-7-9-5-10(23(19,20)21)6-12(22-3)13(9)16/h5-8,11,16H,4H2,1-3H3,(H,17,18)(H,19,20,21)/t11-/m0/s1. The summed E-state index contributed by atoms with van der Waals surface area (Å²) in [7, 11) is -3.31. The van der Waals surface area contributed by atoms with Crippen LogP contribution < -0.4 is 4.74 Å². The van der Waals surface area contributed by atoms with Crippen molar-refractivity contribution < 1.29 is 32.7 Å². The van der Waals surface area contributed by atoms with Gasteiger partial charge in [-0.25, -0.2) is 4.79 Å². The van der Waals surface area contributed by atoms with Gasteiger partial charge in [0.25, 0.3) is 10.1 Å². The minimum atomic E-state index is -4.52. The lowest BCUT2D eigenvalue weighted by molar-refractivity contribution is -0.138. The van der Waals surface area contributed by atoms with Gasteiger partial charge in [0.2, 0.25) is 0 Å². The fourth-order valence-electron chi connectivity index (χ4n) is 1.85. The Bertz CT molecular complexity index is 710. The molecular formula is C14H19NO7S. The summed E-state index contributed by atoms with van der Waals surface area (Å²) in [6, 6.07) is 0.894. The van der Waals surface area contributed by atoms with Gasteiger partial charge in [-0.1, -0.05) is 13.8 Å². The molecule has 8 nitrogen and oxygen atoms in total. The van der Waals surface area contributed by atoms with Crippen LogP contribution in [0.3, 0.4) is 0 Å². The zero-order valence-electron chi connectivity index (χ0n) is 12.9. The zero-order chi connectivity index (χ0) is 17.8. The third-order valence-corrected chi connectivity index (χ3v) is 3.80. The summed E-state index contributed by atoms with van der Waals surface area (Å²) in [5, 5.41) is 19.1. The van der Waals surface area contributed by atoms with E-state index in [2.05, 4.69) is 4.99 Å². The van der Waals surface area contributed by atoms with Crippen molar-refractivity contribution in [1.29, 1.82) is 0 Å². The van der Waals surface area contributed by atoms with Crippen LogP contribution in [0.15, 0.2) is 22.0 Å². The summed E-state index contributed by atoms with van der Waals surface area (Å²) in [4.78, 5) is 14.5. The van der Waals surface area contributed by atoms with E-state index in [-0.39, 0.29) is 23.7 Å². The minimum absolute atomic E-state index is 0.0769. The van der Waals surface area contributed by atoms with Gasteiger partial charge in [0.15, 0.2) is 11.5 Å². The van der Waals surface area contributed by atoms with Crippen LogP contribution in [0, 0.1) is 5.92 Å². The molecule has 0 radical (unpaired) electrons. The number of aliphatic carboxylic acids is 1. The third kappa shape index (κ3) is 5.22. The summed E-state index contributed by atoms with van der Waals surface area (Å²) >= 11 is 0. The maximum Gasteiger partial charge on any atom is 0.328 e. The van der Waals surface area contributed by atoms with E-state index in [1.165, 1.54) is 7.11 Å². The van der Waals surface area contributed by atoms with E-state index in [4.69, 9.17) is 14.4 Å². The zero-order valence-corrected chi connectivity index (χ0v) is 13.7. The quantitative estimate of drug-likeness (QED) is 0.504. The fraction of sp³-hybridized carbons (Fsp3) is 0.429. The Morgan fingerprint density at radius 3 is 2.43 bits per heavy atom. The number of hydrogen-bond acceptors (Lipinski definition) is 6. The topological polar surface area (TPSA) is 133 Å². The predicted octanol–water partition coefficient (Wildman–Crippen LogP) is 1.57. The van der Waals surface area contributed by atoms with Crippen LogP contribution in [-0.2, 0) is 14.9 Å². The smallest absolute Gasteiger partial charge is 0.328 e. The van der Waals surface area contributed by atoms with Crippen LogP contribution in [0.5, 0.6) is 11.5 Å². The van der Waals surface area contributed by atoms with Crippen molar-refractivity contribution in [2.75, 3.05) is 7.11 Å². The molecule has 0 amide bonds. The number of rotatable bonds is 7. The van der Waals surface area contributed by atoms with Crippen molar-refractivity contribution in [3.05, 3.63) is 17.7 Å². The van der Waals surface area contributed by atoms with E-state index in [1.54, 1.807) is 0 Å². The molecule has 1 aromatic carbocycles. The molecule has 0 aliphatic heterocycles. The normalized spacial score (nSPS) is 13.4. The second kappa shape index (κ2) is 7.42. The summed E-state index contributed by atoms with van der Waals surface area (Å²) < 4.78 is 36.4. The summed E-state index contributed by atoms with van der Waals surface area (Å²) in [5.41, 5.74) is -0.0769. The van der Waals surface area contributed by atoms with E-state index in [0.717, 1.165) is 18.3 Å². The number of nitrogens with zero attached hydrogens (tertiary/aromatic N) is 1. The Morgan fingerprint density at radius 1 is 1.39 bits per heavy atom. The van der Waals surface area contributed by atoms with Gasteiger partial charge < -0.3 is 14.9 Å². The van der Waals surface area contributed by atoms with E-state index < -0.39 is 32.8 Å². The van der Waals surface area contributed by atoms with E-state index >= 15 is 0 Å². The molecule has 0 spiro atoms. The average Bonchev–Trinajstić information content (AvgIpc) is 2.42. The molecule has 23 heavy (non-hydrogen) atoms. The average molecular weight is 345 g/mol. The molecule has 0 aliphatic carbocycles. The van der Waals surface area contributed by atoms with Crippen molar-refractivity contribution in [2.24, 2.45) is 10.9 Å². The Labute approximate surface area is 134 Å². The Hall–Kier alpha value is -2.13. The number of phenols is 1. The SMILES string of the molecule is COc1cc(S(=O)(=O)O)cc(C=N[C@@H](CC(C)C)C(=O)O)c1O. The van der Waals surface area contributed by atoms with Crippen molar-refractivity contribution in [1.82, 2.24) is 0 Å². The molecule has 1 aromatic rings. The van der Waals surface area contributed by atoms with Gasteiger partial charge in [-0.05, 0) is 18.4 Å². The molecule has 0 aliphatic rings. The number of aliphatic imine (C=N–C) groups is 1. The van der Waals surface area contributed by atoms with E-state index in [1.807, 2.05) is 13.8 Å². The Kier molecular flexibility index (Phi) is 6.11. The van der Waals surface area contributed by atoms with Crippen molar-refractivity contribution in [2.45, 2.75) is 31.2 Å². The lowest BCUT2D eigenvalue weighted by Gasteiger charge is -2.11. The van der Waals surface area contributed by atoms with Gasteiger partial charge in [-0.15, -0.1) is 0 Å². The highest BCUT2D eigenvalue weighted by atomic mass is 32.2. The largest absolute Gasteiger partial charge is 0.504 e. The third-order valence-electron chi connectivity index (χ3n) is 2.97. The molecule has 0 aromatic heterocycles. The molecule has 9 heteroatoms. The lowest BCUT2D eigenvalue weighted by atomic mass is 10.0. The number of hydrogen-bond donors (Lipinski definition) is 3. The van der Waals surface area contributed by atoms with Crippen molar-refractivity contribution in [3.63, 3.8) is 0 Å². The lowest BCUT2D eigenvalue weighted by Crippen LogP contribution is -2.20. The maximum atomic E-state index is 11.2. The number of carboxylic acid groups (broad SMARTS) is 1. The maximum absolute atomic E-state index is 11.2. The Balaban J connectivity index is 3.30. The molecule has 0 fully saturated rings. The van der Waals surface area contributed by atoms with Crippen LogP contribution in [0.2, 0.25) is 0 Å². The second-order valence-electron chi connectivity index (χ2n) is 5.30. The van der Waals surface area contributed by atoms with Crippen LogP contribution >= 0.6 is 0 Å². The van der Waals surface area contributed by atoms with Gasteiger partial charge in [-0.3, -0.25) is 9.55 Å². The molecule has 0 heterocycles. The highest BCUT2D eigenvalue weighted by molar-refractivity contribution is 7.85. The van der Waals surface area contributed by atoms with Crippen molar-refractivity contribution in [3.8, 4) is 11.5 Å². The molecule has 0 saturated heterocycles. The van der Waals surface area contributed by atoms with Crippen LogP contribution in [0.4, 0.5) is 0 Å². The van der Waals surface area contributed by atoms with Crippen LogP contribution in [0.1, 0.15) is 25.8 Å². The first-order chi connectivity index (χ1) is 10.6. The molecule has 0 saturated carbocycles. The molecule has 0 unspecified atom stereocenters. The van der Waals surface area contributed by atoms with Crippen LogP contribution in [0.25, 0.3) is 0 Å². The van der Waals surface area contributed by atoms with Gasteiger partial charge in [0, 0.05) is 17.8 Å². The number of carbonyl (C=O) groups is 1. The minimum Gasteiger partial charge on any atom is -0.504 e. The van der Waals surface area contributed by atoms with Crippen LogP contribution in [-0.4, -0.2) is 48.5 Å². The first kappa shape index (κ1) is 18.9. The number of ether oxygens (including phenoxy) is 1. The van der Waals surface area contributed by atoms with Crippen molar-refractivity contribution >= 4 is 22.3 Å². The highest BCUT2D eigenvalue weighted by Crippen LogP contribution is 2.32. The second-order valence-corrected chi connectivity index (χ2v) is 6.72. The fourth-order valence-corrected chi connectivity index (χ4v) is 2.38. The van der Waals surface area contributed by atoms with Gasteiger partial charge >= 0.3 is 5.97 Å². The molecule has 3 N–H and O–H groups in total. The summed E-state index contributed by atoms with van der Waals surface area (Å²) in [5.74, 6) is -1.64. The molecular weight excluding hydrogens is 326 g/mol. The first-order valence-electron chi connectivity index (χ1n) is 6.70. The molecule has 0 bridgehead atoms. The molecule has 128 valence electrons. The van der Waals surface area contributed by atoms with E-state index in [9.17, 15) is 18.3 Å². The molecule has 1 atom stereocenters. The molecule has 1 rings (SSSR count). The number of methoxy groups -OCH3 is 1. The summed E-state index contributed by atoms with van der Waals surface area (Å²) in [6.45, 7) is 3.68. The number of aromatic hydroxyl groups is 1. The first-order valence-corrected chi connectivity index (χ1v) is 8.14. The van der Waals surface area contributed by atoms with E-state index in [0.29, 0.717) is 0 Å². The summed E-state index contributed by atoms with van der Waals surface area (Å²) in [6.07, 6.45) is 1.33. The predicted molar refractivity (Wildman–Crippen MR) is 82.9 cm³/mol. The van der Waals surface area contributed by atoms with Gasteiger partial charge in [0.05, 0.1) is 12.0 Å². The Morgan fingerprint density at radius 2 is 2.00 bits per heavy atom. The number of phenolic OH excluding ortho intramolecular Hbond substituents is 1. The highest BCUT2D eigenvalue weighted by Gasteiger charge is 2.19. The monoisotopic (exact) mass is 345 g/mol. The van der Waals surface area contributed by atoms with Gasteiger partial charge in [0.1, 0.15) is 6.04 Å². The number of carboxylic acids is 1.